The van der Waals surface area contributed by atoms with Crippen LogP contribution in [0.3, 0.4) is 0 Å². The summed E-state index contributed by atoms with van der Waals surface area (Å²) >= 11 is 0. The molecule has 0 aliphatic carbocycles. The Balaban J connectivity index is 1.97. The minimum Gasteiger partial charge on any atom is -0.481 e. The van der Waals surface area contributed by atoms with Crippen LogP contribution in [0.15, 0.2) is 30.6 Å². The SMILES string of the molecule is COc1ccc(CNc2ccnc(C)n2)cn1. The molecule has 0 aromatic carbocycles. The number of hydrogen-bond donors (Lipinski definition) is 1. The van der Waals surface area contributed by atoms with E-state index in [1.54, 1.807) is 19.5 Å². The van der Waals surface area contributed by atoms with Gasteiger partial charge in [-0.25, -0.2) is 15.0 Å². The molecule has 0 atom stereocenters. The van der Waals surface area contributed by atoms with Crippen molar-refractivity contribution in [3.05, 3.63) is 42.0 Å². The van der Waals surface area contributed by atoms with E-state index in [2.05, 4.69) is 20.3 Å². The number of rotatable bonds is 4. The van der Waals surface area contributed by atoms with Gasteiger partial charge >= 0.3 is 0 Å². The van der Waals surface area contributed by atoms with Gasteiger partial charge in [-0.15, -0.1) is 0 Å². The van der Waals surface area contributed by atoms with Gasteiger partial charge in [0.15, 0.2) is 0 Å². The van der Waals surface area contributed by atoms with Crippen molar-refractivity contribution in [1.82, 2.24) is 15.0 Å². The molecule has 2 rings (SSSR count). The smallest absolute Gasteiger partial charge is 0.212 e. The number of nitrogens with zero attached hydrogens (tertiary/aromatic N) is 3. The maximum atomic E-state index is 5.00. The van der Waals surface area contributed by atoms with E-state index >= 15 is 0 Å². The van der Waals surface area contributed by atoms with E-state index in [4.69, 9.17) is 4.74 Å². The summed E-state index contributed by atoms with van der Waals surface area (Å²) in [5.74, 6) is 2.18. The second-order valence-corrected chi connectivity index (χ2v) is 3.55. The Labute approximate surface area is 99.9 Å². The number of hydrogen-bond acceptors (Lipinski definition) is 5. The molecule has 0 aliphatic rings. The van der Waals surface area contributed by atoms with Gasteiger partial charge in [0.2, 0.25) is 5.88 Å². The maximum absolute atomic E-state index is 5.00. The highest BCUT2D eigenvalue weighted by atomic mass is 16.5. The highest BCUT2D eigenvalue weighted by Gasteiger charge is 1.97. The zero-order valence-electron chi connectivity index (χ0n) is 9.84. The fraction of sp³-hybridized carbons (Fsp3) is 0.250. The third kappa shape index (κ3) is 3.14. The average Bonchev–Trinajstić information content (AvgIpc) is 2.37. The van der Waals surface area contributed by atoms with Crippen LogP contribution in [0.4, 0.5) is 5.82 Å². The molecule has 0 radical (unpaired) electrons. The summed E-state index contributed by atoms with van der Waals surface area (Å²) in [7, 11) is 1.60. The Morgan fingerprint density at radius 2 is 2.12 bits per heavy atom. The van der Waals surface area contributed by atoms with Gasteiger partial charge in [0, 0.05) is 25.0 Å². The van der Waals surface area contributed by atoms with Gasteiger partial charge in [0.1, 0.15) is 11.6 Å². The van der Waals surface area contributed by atoms with E-state index < -0.39 is 0 Å². The molecule has 0 fully saturated rings. The Kier molecular flexibility index (Phi) is 3.49. The molecular weight excluding hydrogens is 216 g/mol. The van der Waals surface area contributed by atoms with E-state index in [-0.39, 0.29) is 0 Å². The number of ether oxygens (including phenoxy) is 1. The number of nitrogens with one attached hydrogen (secondary N) is 1. The quantitative estimate of drug-likeness (QED) is 0.867. The predicted octanol–water partition coefficient (Wildman–Crippen LogP) is 1.80. The molecule has 17 heavy (non-hydrogen) atoms. The van der Waals surface area contributed by atoms with Crippen molar-refractivity contribution in [2.75, 3.05) is 12.4 Å². The molecule has 0 amide bonds. The van der Waals surface area contributed by atoms with Crippen LogP contribution in [-0.4, -0.2) is 22.1 Å². The molecule has 0 bridgehead atoms. The average molecular weight is 230 g/mol. The highest BCUT2D eigenvalue weighted by molar-refractivity contribution is 5.34. The van der Waals surface area contributed by atoms with Crippen LogP contribution in [0.25, 0.3) is 0 Å². The van der Waals surface area contributed by atoms with E-state index in [0.29, 0.717) is 12.4 Å². The summed E-state index contributed by atoms with van der Waals surface area (Å²) in [6.07, 6.45) is 3.51. The molecular formula is C12H14N4O. The third-order valence-electron chi connectivity index (χ3n) is 2.26. The van der Waals surface area contributed by atoms with Crippen LogP contribution >= 0.6 is 0 Å². The van der Waals surface area contributed by atoms with Gasteiger partial charge in [-0.05, 0) is 18.6 Å². The van der Waals surface area contributed by atoms with Crippen molar-refractivity contribution < 1.29 is 4.74 Å². The Hall–Kier alpha value is -2.17. The zero-order valence-corrected chi connectivity index (χ0v) is 9.84. The van der Waals surface area contributed by atoms with Gasteiger partial charge in [-0.2, -0.15) is 0 Å². The lowest BCUT2D eigenvalue weighted by Crippen LogP contribution is -2.03. The van der Waals surface area contributed by atoms with Crippen molar-refractivity contribution in [3.63, 3.8) is 0 Å². The van der Waals surface area contributed by atoms with Crippen LogP contribution in [0.1, 0.15) is 11.4 Å². The predicted molar refractivity (Wildman–Crippen MR) is 64.9 cm³/mol. The summed E-state index contributed by atoms with van der Waals surface area (Å²) in [5, 5.41) is 3.21. The summed E-state index contributed by atoms with van der Waals surface area (Å²) in [6, 6.07) is 5.64. The van der Waals surface area contributed by atoms with Crippen LogP contribution in [0.2, 0.25) is 0 Å². The lowest BCUT2D eigenvalue weighted by atomic mass is 10.3. The lowest BCUT2D eigenvalue weighted by molar-refractivity contribution is 0.397. The maximum Gasteiger partial charge on any atom is 0.212 e. The minimum atomic E-state index is 0.617. The first-order chi connectivity index (χ1) is 8.28. The normalized spacial score (nSPS) is 10.0. The number of methoxy groups -OCH3 is 1. The summed E-state index contributed by atoms with van der Waals surface area (Å²) in [4.78, 5) is 12.4. The Bertz CT molecular complexity index is 484. The van der Waals surface area contributed by atoms with Gasteiger partial charge in [-0.1, -0.05) is 6.07 Å². The van der Waals surface area contributed by atoms with E-state index in [1.807, 2.05) is 25.1 Å². The second kappa shape index (κ2) is 5.25. The molecule has 1 N–H and O–H groups in total. The van der Waals surface area contributed by atoms with E-state index in [9.17, 15) is 0 Å². The van der Waals surface area contributed by atoms with Crippen molar-refractivity contribution in [3.8, 4) is 5.88 Å². The monoisotopic (exact) mass is 230 g/mol. The first-order valence-corrected chi connectivity index (χ1v) is 5.30. The molecule has 0 unspecified atom stereocenters. The number of anilines is 1. The van der Waals surface area contributed by atoms with Crippen molar-refractivity contribution in [1.29, 1.82) is 0 Å². The summed E-state index contributed by atoms with van der Waals surface area (Å²) < 4.78 is 5.00. The van der Waals surface area contributed by atoms with Crippen LogP contribution in [-0.2, 0) is 6.54 Å². The van der Waals surface area contributed by atoms with Crippen molar-refractivity contribution >= 4 is 5.82 Å². The lowest BCUT2D eigenvalue weighted by Gasteiger charge is -2.06. The standard InChI is InChI=1S/C12H14N4O/c1-9-13-6-5-11(16-9)14-7-10-3-4-12(17-2)15-8-10/h3-6,8H,7H2,1-2H3,(H,13,14,16). The Morgan fingerprint density at radius 3 is 2.76 bits per heavy atom. The summed E-state index contributed by atoms with van der Waals surface area (Å²) in [6.45, 7) is 2.54. The molecule has 0 saturated heterocycles. The molecule has 0 spiro atoms. The van der Waals surface area contributed by atoms with Crippen LogP contribution < -0.4 is 10.1 Å². The van der Waals surface area contributed by atoms with Crippen molar-refractivity contribution in [2.24, 2.45) is 0 Å². The zero-order chi connectivity index (χ0) is 12.1. The van der Waals surface area contributed by atoms with Gasteiger partial charge in [0.05, 0.1) is 7.11 Å². The molecule has 2 aromatic rings. The van der Waals surface area contributed by atoms with Gasteiger partial charge in [0.25, 0.3) is 0 Å². The number of aryl methyl sites for hydroxylation is 1. The van der Waals surface area contributed by atoms with Crippen LogP contribution in [0.5, 0.6) is 5.88 Å². The number of aromatic nitrogens is 3. The third-order valence-corrected chi connectivity index (χ3v) is 2.26. The first-order valence-electron chi connectivity index (χ1n) is 5.30. The van der Waals surface area contributed by atoms with E-state index in [1.165, 1.54) is 0 Å². The molecule has 0 aliphatic heterocycles. The molecule has 5 nitrogen and oxygen atoms in total. The topological polar surface area (TPSA) is 59.9 Å². The van der Waals surface area contributed by atoms with Crippen molar-refractivity contribution in [2.45, 2.75) is 13.5 Å². The second-order valence-electron chi connectivity index (χ2n) is 3.55. The molecule has 88 valence electrons. The molecule has 5 heteroatoms. The molecule has 2 aromatic heterocycles. The van der Waals surface area contributed by atoms with Crippen LogP contribution in [0, 0.1) is 6.92 Å². The molecule has 0 saturated carbocycles. The first kappa shape index (κ1) is 11.3. The number of pyridine rings is 1. The fourth-order valence-corrected chi connectivity index (χ4v) is 1.38. The van der Waals surface area contributed by atoms with Gasteiger partial charge in [-0.3, -0.25) is 0 Å². The largest absolute Gasteiger partial charge is 0.481 e. The fourth-order valence-electron chi connectivity index (χ4n) is 1.38. The summed E-state index contributed by atoms with van der Waals surface area (Å²) in [5.41, 5.74) is 1.07. The molecule has 2 heterocycles. The minimum absolute atomic E-state index is 0.617. The van der Waals surface area contributed by atoms with E-state index in [0.717, 1.165) is 17.2 Å². The highest BCUT2D eigenvalue weighted by Crippen LogP contribution is 2.08. The van der Waals surface area contributed by atoms with Gasteiger partial charge < -0.3 is 10.1 Å². The Morgan fingerprint density at radius 1 is 1.24 bits per heavy atom.